The summed E-state index contributed by atoms with van der Waals surface area (Å²) in [6.45, 7) is 8.76. The Morgan fingerprint density at radius 3 is 2.16 bits per heavy atom. The van der Waals surface area contributed by atoms with E-state index in [0.29, 0.717) is 89.1 Å². The molecule has 2 aromatic carbocycles. The van der Waals surface area contributed by atoms with Gasteiger partial charge in [-0.2, -0.15) is 9.49 Å². The van der Waals surface area contributed by atoms with Crippen LogP contribution in [0.2, 0.25) is 0 Å². The summed E-state index contributed by atoms with van der Waals surface area (Å²) in [5, 5.41) is 57.2. The number of hydrogen-bond donors (Lipinski definition) is 8. The van der Waals surface area contributed by atoms with E-state index in [2.05, 4.69) is 27.7 Å². The van der Waals surface area contributed by atoms with Crippen LogP contribution in [0, 0.1) is 30.2 Å². The highest BCUT2D eigenvalue weighted by Gasteiger charge is 2.45. The number of benzene rings is 2. The number of allylic oxidation sites excluding steroid dienone is 1. The fourth-order valence-electron chi connectivity index (χ4n) is 6.01. The molecule has 4 unspecified atom stereocenters. The van der Waals surface area contributed by atoms with Crippen molar-refractivity contribution in [3.05, 3.63) is 58.9 Å². The first kappa shape index (κ1) is 57.2. The van der Waals surface area contributed by atoms with Crippen LogP contribution in [-0.2, 0) is 23.7 Å². The normalized spacial score (nSPS) is 19.5. The predicted molar refractivity (Wildman–Crippen MR) is 241 cm³/mol. The maximum atomic E-state index is 13.5. The van der Waals surface area contributed by atoms with E-state index in [1.54, 1.807) is 40.6 Å². The monoisotopic (exact) mass is 980 g/mol. The third-order valence-electron chi connectivity index (χ3n) is 9.96. The van der Waals surface area contributed by atoms with Crippen LogP contribution in [0.3, 0.4) is 0 Å². The predicted octanol–water partition coefficient (Wildman–Crippen LogP) is 4.00. The first-order valence-electron chi connectivity index (χ1n) is 21.9. The van der Waals surface area contributed by atoms with E-state index in [9.17, 15) is 37.7 Å². The summed E-state index contributed by atoms with van der Waals surface area (Å²) in [6.07, 6.45) is 1.43. The molecule has 9 N–H and O–H groups in total. The molecule has 0 bridgehead atoms. The molecule has 2 amide bonds. The molecular formula is C43H65F4N6O13P. The zero-order chi connectivity index (χ0) is 49.1. The number of hydrazone groups is 1. The Kier molecular flexibility index (Phi) is 27.2. The lowest BCUT2D eigenvalue weighted by molar-refractivity contribution is -0.317. The third-order valence-corrected chi connectivity index (χ3v) is 10.5. The van der Waals surface area contributed by atoms with E-state index < -0.39 is 71.1 Å². The molecule has 67 heavy (non-hydrogen) atoms. The van der Waals surface area contributed by atoms with Gasteiger partial charge >= 0.3 is 6.03 Å². The summed E-state index contributed by atoms with van der Waals surface area (Å²) in [4.78, 5) is 16.8. The molecule has 0 aromatic heterocycles. The molecular weight excluding hydrogens is 915 g/mol. The topological polar surface area (TPSA) is 261 Å². The Labute approximate surface area is 389 Å². The van der Waals surface area contributed by atoms with Gasteiger partial charge < -0.3 is 65.0 Å². The maximum Gasteiger partial charge on any atom is 0.319 e. The fraction of sp³-hybridized carbons (Fsp3) is 0.605. The number of nitrogens with two attached hydrogens (primary N) is 1. The fourth-order valence-corrected chi connectivity index (χ4v) is 6.27. The van der Waals surface area contributed by atoms with Crippen LogP contribution in [0.15, 0.2) is 40.1 Å². The van der Waals surface area contributed by atoms with Gasteiger partial charge in [-0.05, 0) is 87.6 Å². The highest BCUT2D eigenvalue weighted by atomic mass is 31.0. The number of nitrogens with one attached hydrogen (secondary N) is 2. The van der Waals surface area contributed by atoms with Gasteiger partial charge in [0.05, 0.1) is 77.4 Å². The molecule has 24 heteroatoms. The number of urea groups is 1. The summed E-state index contributed by atoms with van der Waals surface area (Å²) in [7, 11) is 1.68. The number of hydroxylamine groups is 2. The number of amides is 2. The van der Waals surface area contributed by atoms with E-state index in [-0.39, 0.29) is 23.9 Å². The second-order valence-corrected chi connectivity index (χ2v) is 15.8. The summed E-state index contributed by atoms with van der Waals surface area (Å²) in [5.41, 5.74) is 2.71. The number of hydrogen-bond acceptors (Lipinski definition) is 17. The minimum absolute atomic E-state index is 0.0493. The minimum atomic E-state index is -1.74. The van der Waals surface area contributed by atoms with E-state index in [1.807, 2.05) is 0 Å². The largest absolute Gasteiger partial charge is 0.462 e. The van der Waals surface area contributed by atoms with Crippen molar-refractivity contribution in [1.82, 2.24) is 10.5 Å². The van der Waals surface area contributed by atoms with Crippen molar-refractivity contribution in [2.24, 2.45) is 15.9 Å². The Morgan fingerprint density at radius 1 is 0.910 bits per heavy atom. The third kappa shape index (κ3) is 20.6. The van der Waals surface area contributed by atoms with Gasteiger partial charge in [0.25, 0.3) is 0 Å². The number of aliphatic imine (C=N–C) groups is 1. The number of carbonyl (C=O) groups is 1. The number of aryl methyl sites for hydroxylation is 1. The average molecular weight is 981 g/mol. The van der Waals surface area contributed by atoms with Crippen molar-refractivity contribution in [2.45, 2.75) is 95.9 Å². The summed E-state index contributed by atoms with van der Waals surface area (Å²) >= 11 is 0. The van der Waals surface area contributed by atoms with Gasteiger partial charge in [-0.3, -0.25) is 15.4 Å². The van der Waals surface area contributed by atoms with Crippen LogP contribution in [0.1, 0.15) is 63.9 Å². The van der Waals surface area contributed by atoms with E-state index >= 15 is 0 Å². The first-order valence-corrected chi connectivity index (χ1v) is 22.5. The molecule has 1 aliphatic heterocycles. The van der Waals surface area contributed by atoms with Crippen LogP contribution in [0.5, 0.6) is 11.5 Å². The lowest BCUT2D eigenvalue weighted by Crippen LogP contribution is -2.59. The van der Waals surface area contributed by atoms with Crippen LogP contribution < -0.4 is 31.3 Å². The summed E-state index contributed by atoms with van der Waals surface area (Å²) in [5.74, 6) is -1.33. The quantitative estimate of drug-likeness (QED) is 0.00690. The molecule has 0 radical (unpaired) electrons. The Hall–Kier alpha value is -4.10. The number of ether oxygens (including phenoxy) is 7. The van der Waals surface area contributed by atoms with E-state index in [0.717, 1.165) is 44.3 Å². The second kappa shape index (κ2) is 31.9. The van der Waals surface area contributed by atoms with Crippen molar-refractivity contribution in [2.75, 3.05) is 77.8 Å². The van der Waals surface area contributed by atoms with Crippen molar-refractivity contribution >= 4 is 38.2 Å². The SMILES string of the molecule is CCCOCCOCCOCCOCCN=C/C(CCCCNC(=O)Nc1ccc(O[C@H]2OC(CCN(O)O)[C@@H](O)C(O)C2O)cc1C)=N\N.Fc1c(F)c(P)c(F)c(OC=C2CCC2)c1F. The number of carbonyl (C=O) groups excluding carboxylic acids is 1. The van der Waals surface area contributed by atoms with Crippen molar-refractivity contribution in [1.29, 1.82) is 0 Å². The molecule has 378 valence electrons. The van der Waals surface area contributed by atoms with Gasteiger partial charge in [0, 0.05) is 30.4 Å². The number of aliphatic hydroxyl groups is 3. The molecule has 4 rings (SSSR count). The molecule has 1 heterocycles. The summed E-state index contributed by atoms with van der Waals surface area (Å²) < 4.78 is 90.4. The molecule has 6 atom stereocenters. The van der Waals surface area contributed by atoms with E-state index in [1.165, 1.54) is 6.26 Å². The molecule has 1 aliphatic carbocycles. The van der Waals surface area contributed by atoms with Crippen molar-refractivity contribution < 1.29 is 81.2 Å². The Bertz CT molecular complexity index is 1850. The van der Waals surface area contributed by atoms with Gasteiger partial charge in [0.2, 0.25) is 17.9 Å². The number of nitrogens with zero attached hydrogens (tertiary/aromatic N) is 3. The lowest BCUT2D eigenvalue weighted by atomic mass is 9.94. The molecule has 0 spiro atoms. The maximum absolute atomic E-state index is 13.5. The van der Waals surface area contributed by atoms with E-state index in [4.69, 9.17) is 49.4 Å². The number of aliphatic hydroxyl groups excluding tert-OH is 3. The Balaban J connectivity index is 0.000000580. The van der Waals surface area contributed by atoms with Crippen LogP contribution in [0.4, 0.5) is 28.0 Å². The van der Waals surface area contributed by atoms with Gasteiger partial charge in [0.1, 0.15) is 24.1 Å². The zero-order valence-electron chi connectivity index (χ0n) is 37.7. The first-order chi connectivity index (χ1) is 32.2. The second-order valence-electron chi connectivity index (χ2n) is 15.2. The van der Waals surface area contributed by atoms with Crippen LogP contribution >= 0.6 is 9.24 Å². The molecule has 1 saturated heterocycles. The molecule has 2 aliphatic rings. The Morgan fingerprint density at radius 2 is 1.57 bits per heavy atom. The molecule has 19 nitrogen and oxygen atoms in total. The zero-order valence-corrected chi connectivity index (χ0v) is 38.9. The number of anilines is 1. The highest BCUT2D eigenvalue weighted by Crippen LogP contribution is 2.30. The van der Waals surface area contributed by atoms with Gasteiger partial charge in [-0.25, -0.2) is 18.0 Å². The van der Waals surface area contributed by atoms with Crippen molar-refractivity contribution in [3.8, 4) is 11.5 Å². The smallest absolute Gasteiger partial charge is 0.319 e. The van der Waals surface area contributed by atoms with Crippen molar-refractivity contribution in [3.63, 3.8) is 0 Å². The molecule has 2 aromatic rings. The van der Waals surface area contributed by atoms with Gasteiger partial charge in [-0.15, -0.1) is 0 Å². The highest BCUT2D eigenvalue weighted by molar-refractivity contribution is 7.27. The number of rotatable bonds is 28. The minimum Gasteiger partial charge on any atom is -0.462 e. The lowest BCUT2D eigenvalue weighted by Gasteiger charge is -2.40. The van der Waals surface area contributed by atoms with Crippen LogP contribution in [0.25, 0.3) is 0 Å². The standard InChI is InChI=1S/C32H56N6O12.C11H9F4OP/c1-3-13-45-15-17-47-19-20-48-18-16-46-14-11-34-22-24(37-33)6-4-5-10-35-32(42)36-26-8-7-25(21-23(26)2)49-31-30(41)29(40)28(39)27(50-31)9-12-38(43)44;12-6-7(13)10(9(15)11(17)8(6)14)16-4-5-2-1-3-5/h7-8,21-22,27-31,39-41,43-44H,3-6,9-20,33H2,1-2H3,(H2,35,36,42);4H,1-3,17H2/b34-22?,37-24-;/t27?,28-,29?,30?,31+;/m1./s1. The average Bonchev–Trinajstić information content (AvgIpc) is 3.29. The molecule has 1 saturated carbocycles. The van der Waals surface area contributed by atoms with Gasteiger partial charge in [0.15, 0.2) is 17.5 Å². The summed E-state index contributed by atoms with van der Waals surface area (Å²) in [6, 6.07) is 4.39. The number of halogens is 4. The van der Waals surface area contributed by atoms with Gasteiger partial charge in [-0.1, -0.05) is 21.4 Å². The molecule has 2 fully saturated rings. The van der Waals surface area contributed by atoms with Crippen LogP contribution in [-0.4, -0.2) is 152 Å². The number of unbranched alkanes of at least 4 members (excludes halogenated alkanes) is 1.